The van der Waals surface area contributed by atoms with Crippen LogP contribution in [0, 0.1) is 5.92 Å². The maximum atomic E-state index is 12.2. The fourth-order valence-electron chi connectivity index (χ4n) is 2.27. The van der Waals surface area contributed by atoms with Crippen molar-refractivity contribution in [1.29, 1.82) is 0 Å². The van der Waals surface area contributed by atoms with E-state index in [1.165, 1.54) is 12.8 Å². The largest absolute Gasteiger partial charge is 0.371 e. The van der Waals surface area contributed by atoms with Crippen molar-refractivity contribution in [2.24, 2.45) is 5.92 Å². The van der Waals surface area contributed by atoms with Crippen LogP contribution in [0.1, 0.15) is 39.3 Å². The average Bonchev–Trinajstić information content (AvgIpc) is 3.25. The molecule has 0 bridgehead atoms. The lowest BCUT2D eigenvalue weighted by Crippen LogP contribution is -2.21. The van der Waals surface area contributed by atoms with E-state index in [-0.39, 0.29) is 17.9 Å². The number of pyridine rings is 1. The zero-order chi connectivity index (χ0) is 17.2. The van der Waals surface area contributed by atoms with Crippen molar-refractivity contribution in [3.8, 4) is 5.82 Å². The predicted molar refractivity (Wildman–Crippen MR) is 92.2 cm³/mol. The lowest BCUT2D eigenvalue weighted by Gasteiger charge is -2.13. The van der Waals surface area contributed by atoms with Crippen molar-refractivity contribution in [1.82, 2.24) is 14.8 Å². The number of rotatable bonds is 6. The molecular weight excluding hydrogens is 304 g/mol. The first-order chi connectivity index (χ1) is 11.4. The average molecular weight is 328 g/mol. The van der Waals surface area contributed by atoms with Gasteiger partial charge in [0, 0.05) is 17.7 Å². The summed E-state index contributed by atoms with van der Waals surface area (Å²) >= 11 is 0. The molecule has 2 aromatic heterocycles. The first-order valence-electron chi connectivity index (χ1n) is 8.33. The standard InChI is InChI=1S/C18H24N4O2/c1-18(2,3)14-10-16(20-17(23)12-24-11-13-7-8-13)22(21-14)15-6-4-5-9-19-15/h4-6,9-10,13H,7-8,11-12H2,1-3H3,(H,20,23). The summed E-state index contributed by atoms with van der Waals surface area (Å²) in [5, 5.41) is 7.51. The third-order valence-corrected chi connectivity index (χ3v) is 3.90. The second kappa shape index (κ2) is 6.73. The molecule has 128 valence electrons. The molecule has 2 heterocycles. The van der Waals surface area contributed by atoms with E-state index >= 15 is 0 Å². The van der Waals surface area contributed by atoms with E-state index in [2.05, 4.69) is 36.2 Å². The highest BCUT2D eigenvalue weighted by molar-refractivity contribution is 5.91. The Morgan fingerprint density at radius 1 is 1.38 bits per heavy atom. The molecule has 1 aliphatic rings. The molecule has 3 rings (SSSR count). The minimum absolute atomic E-state index is 0.0642. The minimum Gasteiger partial charge on any atom is -0.371 e. The predicted octanol–water partition coefficient (Wildman–Crippen LogP) is 2.93. The molecule has 0 aromatic carbocycles. The number of amides is 1. The van der Waals surface area contributed by atoms with Crippen molar-refractivity contribution in [3.63, 3.8) is 0 Å². The Balaban J connectivity index is 1.76. The highest BCUT2D eigenvalue weighted by Gasteiger charge is 2.23. The second-order valence-electron chi connectivity index (χ2n) is 7.27. The maximum Gasteiger partial charge on any atom is 0.251 e. The lowest BCUT2D eigenvalue weighted by atomic mass is 9.92. The number of hydrogen-bond donors (Lipinski definition) is 1. The number of carbonyl (C=O) groups excluding carboxylic acids is 1. The van der Waals surface area contributed by atoms with Crippen LogP contribution >= 0.6 is 0 Å². The van der Waals surface area contributed by atoms with Gasteiger partial charge in [-0.05, 0) is 30.9 Å². The molecule has 2 aromatic rings. The van der Waals surface area contributed by atoms with E-state index < -0.39 is 0 Å². The summed E-state index contributed by atoms with van der Waals surface area (Å²) in [5.41, 5.74) is 0.768. The van der Waals surface area contributed by atoms with Gasteiger partial charge in [0.1, 0.15) is 12.4 Å². The molecule has 0 unspecified atom stereocenters. The molecule has 24 heavy (non-hydrogen) atoms. The molecule has 6 heteroatoms. The number of anilines is 1. The number of carbonyl (C=O) groups is 1. The van der Waals surface area contributed by atoms with E-state index in [0.717, 1.165) is 5.69 Å². The quantitative estimate of drug-likeness (QED) is 0.885. The smallest absolute Gasteiger partial charge is 0.251 e. The number of ether oxygens (including phenoxy) is 1. The van der Waals surface area contributed by atoms with Gasteiger partial charge in [0.15, 0.2) is 5.82 Å². The Hall–Kier alpha value is -2.21. The molecule has 1 fully saturated rings. The van der Waals surface area contributed by atoms with Gasteiger partial charge in [-0.2, -0.15) is 9.78 Å². The maximum absolute atomic E-state index is 12.2. The van der Waals surface area contributed by atoms with Crippen molar-refractivity contribution in [2.45, 2.75) is 39.0 Å². The zero-order valence-electron chi connectivity index (χ0n) is 14.5. The molecule has 0 aliphatic heterocycles. The Bertz CT molecular complexity index is 700. The van der Waals surface area contributed by atoms with Gasteiger partial charge >= 0.3 is 0 Å². The van der Waals surface area contributed by atoms with Gasteiger partial charge in [-0.15, -0.1) is 0 Å². The van der Waals surface area contributed by atoms with Crippen LogP contribution in [-0.4, -0.2) is 33.9 Å². The molecule has 1 N–H and O–H groups in total. The summed E-state index contributed by atoms with van der Waals surface area (Å²) in [6, 6.07) is 7.50. The molecule has 0 saturated heterocycles. The van der Waals surface area contributed by atoms with Crippen LogP contribution in [-0.2, 0) is 14.9 Å². The van der Waals surface area contributed by atoms with Gasteiger partial charge < -0.3 is 10.1 Å². The first kappa shape index (κ1) is 16.6. The van der Waals surface area contributed by atoms with Crippen molar-refractivity contribution in [3.05, 3.63) is 36.2 Å². The second-order valence-corrected chi connectivity index (χ2v) is 7.27. The number of nitrogens with zero attached hydrogens (tertiary/aromatic N) is 3. The van der Waals surface area contributed by atoms with Crippen LogP contribution in [0.2, 0.25) is 0 Å². The summed E-state index contributed by atoms with van der Waals surface area (Å²) < 4.78 is 7.12. The van der Waals surface area contributed by atoms with Crippen LogP contribution in [0.3, 0.4) is 0 Å². The number of nitrogens with one attached hydrogen (secondary N) is 1. The summed E-state index contributed by atoms with van der Waals surface area (Å²) in [6.07, 6.45) is 4.13. The van der Waals surface area contributed by atoms with Crippen LogP contribution in [0.15, 0.2) is 30.5 Å². The fourth-order valence-corrected chi connectivity index (χ4v) is 2.27. The topological polar surface area (TPSA) is 69.0 Å². The van der Waals surface area contributed by atoms with Crippen LogP contribution in [0.5, 0.6) is 0 Å². The summed E-state index contributed by atoms with van der Waals surface area (Å²) in [6.45, 7) is 6.99. The van der Waals surface area contributed by atoms with Gasteiger partial charge in [-0.1, -0.05) is 26.8 Å². The SMILES string of the molecule is CC(C)(C)c1cc(NC(=O)COCC2CC2)n(-c2ccccn2)n1. The van der Waals surface area contributed by atoms with Crippen molar-refractivity contribution >= 4 is 11.7 Å². The summed E-state index contributed by atoms with van der Waals surface area (Å²) in [4.78, 5) is 16.5. The Morgan fingerprint density at radius 2 is 2.17 bits per heavy atom. The van der Waals surface area contributed by atoms with Crippen molar-refractivity contribution < 1.29 is 9.53 Å². The first-order valence-corrected chi connectivity index (χ1v) is 8.33. The van der Waals surface area contributed by atoms with Gasteiger partial charge in [-0.25, -0.2) is 4.98 Å². The van der Waals surface area contributed by atoms with E-state index in [0.29, 0.717) is 24.2 Å². The lowest BCUT2D eigenvalue weighted by molar-refractivity contribution is -0.120. The van der Waals surface area contributed by atoms with E-state index in [9.17, 15) is 4.79 Å². The fraction of sp³-hybridized carbons (Fsp3) is 0.500. The normalized spacial score (nSPS) is 14.6. The van der Waals surface area contributed by atoms with Crippen LogP contribution < -0.4 is 5.32 Å². The highest BCUT2D eigenvalue weighted by Crippen LogP contribution is 2.29. The molecule has 1 saturated carbocycles. The minimum atomic E-state index is -0.173. The summed E-state index contributed by atoms with van der Waals surface area (Å²) in [5.74, 6) is 1.75. The van der Waals surface area contributed by atoms with Gasteiger partial charge in [0.05, 0.1) is 12.3 Å². The Labute approximate surface area is 142 Å². The van der Waals surface area contributed by atoms with Gasteiger partial charge in [0.2, 0.25) is 0 Å². The molecule has 0 spiro atoms. The molecule has 0 radical (unpaired) electrons. The molecular formula is C18H24N4O2. The number of hydrogen-bond acceptors (Lipinski definition) is 4. The van der Waals surface area contributed by atoms with E-state index in [1.807, 2.05) is 24.3 Å². The van der Waals surface area contributed by atoms with E-state index in [4.69, 9.17) is 4.74 Å². The van der Waals surface area contributed by atoms with Crippen LogP contribution in [0.25, 0.3) is 5.82 Å². The monoisotopic (exact) mass is 328 g/mol. The molecule has 6 nitrogen and oxygen atoms in total. The molecule has 1 aliphatic carbocycles. The van der Waals surface area contributed by atoms with Crippen molar-refractivity contribution in [2.75, 3.05) is 18.5 Å². The Morgan fingerprint density at radius 3 is 2.79 bits per heavy atom. The number of aromatic nitrogens is 3. The summed E-state index contributed by atoms with van der Waals surface area (Å²) in [7, 11) is 0. The van der Waals surface area contributed by atoms with Crippen LogP contribution in [0.4, 0.5) is 5.82 Å². The zero-order valence-corrected chi connectivity index (χ0v) is 14.5. The third kappa shape index (κ3) is 4.20. The third-order valence-electron chi connectivity index (χ3n) is 3.90. The molecule has 0 atom stereocenters. The highest BCUT2D eigenvalue weighted by atomic mass is 16.5. The van der Waals surface area contributed by atoms with Gasteiger partial charge in [0.25, 0.3) is 5.91 Å². The molecule has 1 amide bonds. The Kier molecular flexibility index (Phi) is 4.66. The van der Waals surface area contributed by atoms with E-state index in [1.54, 1.807) is 10.9 Å². The van der Waals surface area contributed by atoms with Gasteiger partial charge in [-0.3, -0.25) is 4.79 Å².